The fourth-order valence-corrected chi connectivity index (χ4v) is 3.39. The van der Waals surface area contributed by atoms with E-state index in [0.29, 0.717) is 12.8 Å². The van der Waals surface area contributed by atoms with Gasteiger partial charge in [0.1, 0.15) is 0 Å². The Morgan fingerprint density at radius 3 is 2.15 bits per heavy atom. The lowest BCUT2D eigenvalue weighted by atomic mass is 10.0. The van der Waals surface area contributed by atoms with Crippen LogP contribution >= 0.6 is 0 Å². The van der Waals surface area contributed by atoms with Crippen molar-refractivity contribution in [2.75, 3.05) is 6.26 Å². The number of aliphatic carboxylic acids is 1. The van der Waals surface area contributed by atoms with Crippen LogP contribution < -0.4 is 0 Å². The van der Waals surface area contributed by atoms with Gasteiger partial charge in [0, 0.05) is 6.26 Å². The molecule has 4 nitrogen and oxygen atoms in total. The summed E-state index contributed by atoms with van der Waals surface area (Å²) in [7, 11) is -3.24. The minimum absolute atomic E-state index is 0.244. The predicted octanol–water partition coefficient (Wildman–Crippen LogP) is 0.818. The van der Waals surface area contributed by atoms with Gasteiger partial charge < -0.3 is 5.11 Å². The Hall–Kier alpha value is -0.580. The van der Waals surface area contributed by atoms with Crippen LogP contribution in [0.4, 0.5) is 0 Å². The SMILES string of the molecule is CS(=O)(=O)C1(CC(=O)O)CCCC1. The van der Waals surface area contributed by atoms with Crippen molar-refractivity contribution in [1.29, 1.82) is 0 Å². The second kappa shape index (κ2) is 3.29. The highest BCUT2D eigenvalue weighted by Crippen LogP contribution is 2.39. The van der Waals surface area contributed by atoms with Gasteiger partial charge in [-0.3, -0.25) is 4.79 Å². The first-order valence-electron chi connectivity index (χ1n) is 4.29. The van der Waals surface area contributed by atoms with Crippen LogP contribution in [0.25, 0.3) is 0 Å². The highest BCUT2D eigenvalue weighted by molar-refractivity contribution is 7.92. The molecule has 5 heteroatoms. The van der Waals surface area contributed by atoms with Crippen molar-refractivity contribution in [1.82, 2.24) is 0 Å². The number of carboxylic acid groups (broad SMARTS) is 1. The van der Waals surface area contributed by atoms with Crippen LogP contribution in [0.1, 0.15) is 32.1 Å². The van der Waals surface area contributed by atoms with E-state index in [1.54, 1.807) is 0 Å². The van der Waals surface area contributed by atoms with E-state index in [0.717, 1.165) is 19.1 Å². The number of sulfone groups is 1. The fraction of sp³-hybridized carbons (Fsp3) is 0.875. The van der Waals surface area contributed by atoms with Crippen molar-refractivity contribution in [2.45, 2.75) is 36.9 Å². The van der Waals surface area contributed by atoms with E-state index in [-0.39, 0.29) is 6.42 Å². The lowest BCUT2D eigenvalue weighted by Crippen LogP contribution is -2.37. The highest BCUT2D eigenvalue weighted by Gasteiger charge is 2.44. The van der Waals surface area contributed by atoms with Crippen molar-refractivity contribution in [3.63, 3.8) is 0 Å². The van der Waals surface area contributed by atoms with Gasteiger partial charge in [-0.05, 0) is 12.8 Å². The van der Waals surface area contributed by atoms with Gasteiger partial charge in [0.25, 0.3) is 0 Å². The molecule has 0 aliphatic heterocycles. The second-order valence-corrected chi connectivity index (χ2v) is 6.14. The van der Waals surface area contributed by atoms with E-state index in [2.05, 4.69) is 0 Å². The molecule has 76 valence electrons. The van der Waals surface area contributed by atoms with Gasteiger partial charge in [-0.15, -0.1) is 0 Å². The third kappa shape index (κ3) is 2.02. The Labute approximate surface area is 77.9 Å². The molecule has 0 aromatic heterocycles. The number of hydrogen-bond acceptors (Lipinski definition) is 3. The average molecular weight is 206 g/mol. The van der Waals surface area contributed by atoms with Gasteiger partial charge in [0.05, 0.1) is 11.2 Å². The van der Waals surface area contributed by atoms with E-state index < -0.39 is 20.6 Å². The summed E-state index contributed by atoms with van der Waals surface area (Å²) in [4.78, 5) is 10.5. The molecule has 0 saturated heterocycles. The number of carbonyl (C=O) groups is 1. The van der Waals surface area contributed by atoms with E-state index in [4.69, 9.17) is 5.11 Å². The first-order chi connectivity index (χ1) is 5.87. The molecule has 0 aromatic rings. The quantitative estimate of drug-likeness (QED) is 0.742. The Balaban J connectivity index is 2.95. The standard InChI is InChI=1S/C8H14O4S/c1-13(11,12)8(6-7(9)10)4-2-3-5-8/h2-6H2,1H3,(H,9,10). The molecule has 13 heavy (non-hydrogen) atoms. The fourth-order valence-electron chi connectivity index (χ4n) is 1.97. The molecule has 0 heterocycles. The van der Waals surface area contributed by atoms with E-state index in [1.165, 1.54) is 0 Å². The minimum Gasteiger partial charge on any atom is -0.481 e. The maximum absolute atomic E-state index is 11.4. The Bertz CT molecular complexity index is 298. The molecule has 0 spiro atoms. The van der Waals surface area contributed by atoms with Crippen molar-refractivity contribution in [3.05, 3.63) is 0 Å². The lowest BCUT2D eigenvalue weighted by Gasteiger charge is -2.24. The van der Waals surface area contributed by atoms with Crippen LogP contribution in [-0.2, 0) is 14.6 Å². The topological polar surface area (TPSA) is 71.4 Å². The van der Waals surface area contributed by atoms with Crippen LogP contribution in [0.5, 0.6) is 0 Å². The van der Waals surface area contributed by atoms with Gasteiger partial charge in [-0.2, -0.15) is 0 Å². The molecule has 1 fully saturated rings. The second-order valence-electron chi connectivity index (χ2n) is 3.73. The molecule has 1 rings (SSSR count). The lowest BCUT2D eigenvalue weighted by molar-refractivity contribution is -0.137. The van der Waals surface area contributed by atoms with Gasteiger partial charge in [-0.25, -0.2) is 8.42 Å². The molecule has 0 unspecified atom stereocenters. The van der Waals surface area contributed by atoms with Crippen molar-refractivity contribution >= 4 is 15.8 Å². The summed E-state index contributed by atoms with van der Waals surface area (Å²) >= 11 is 0. The van der Waals surface area contributed by atoms with Crippen molar-refractivity contribution in [3.8, 4) is 0 Å². The zero-order chi connectivity index (χ0) is 10.1. The van der Waals surface area contributed by atoms with E-state index in [1.807, 2.05) is 0 Å². The summed E-state index contributed by atoms with van der Waals surface area (Å²) in [6.07, 6.45) is 3.53. The first kappa shape index (κ1) is 10.5. The largest absolute Gasteiger partial charge is 0.481 e. The molecule has 1 aliphatic rings. The van der Waals surface area contributed by atoms with E-state index in [9.17, 15) is 13.2 Å². The number of hydrogen-bond donors (Lipinski definition) is 1. The molecule has 0 bridgehead atoms. The predicted molar refractivity (Wildman–Crippen MR) is 48.3 cm³/mol. The zero-order valence-corrected chi connectivity index (χ0v) is 8.43. The molecule has 0 radical (unpaired) electrons. The van der Waals surface area contributed by atoms with Crippen LogP contribution in [-0.4, -0.2) is 30.5 Å². The summed E-state index contributed by atoms with van der Waals surface area (Å²) in [6, 6.07) is 0. The summed E-state index contributed by atoms with van der Waals surface area (Å²) in [5.74, 6) is -1.02. The summed E-state index contributed by atoms with van der Waals surface area (Å²) in [6.45, 7) is 0. The molecular weight excluding hydrogens is 192 g/mol. The van der Waals surface area contributed by atoms with Crippen LogP contribution in [0.15, 0.2) is 0 Å². The normalized spacial score (nSPS) is 21.6. The average Bonchev–Trinajstić information content (AvgIpc) is 2.33. The minimum atomic E-state index is -3.24. The van der Waals surface area contributed by atoms with Crippen molar-refractivity contribution < 1.29 is 18.3 Å². The van der Waals surface area contributed by atoms with Gasteiger partial charge >= 0.3 is 5.97 Å². The van der Waals surface area contributed by atoms with Crippen LogP contribution in [0.2, 0.25) is 0 Å². The Kier molecular flexibility index (Phi) is 2.66. The molecule has 1 N–H and O–H groups in total. The molecule has 1 aliphatic carbocycles. The third-order valence-corrected chi connectivity index (χ3v) is 4.90. The smallest absolute Gasteiger partial charge is 0.304 e. The Morgan fingerprint density at radius 1 is 1.38 bits per heavy atom. The van der Waals surface area contributed by atoms with Crippen LogP contribution in [0, 0.1) is 0 Å². The summed E-state index contributed by atoms with van der Waals surface area (Å²) in [5, 5.41) is 8.64. The molecule has 0 amide bonds. The third-order valence-electron chi connectivity index (χ3n) is 2.77. The first-order valence-corrected chi connectivity index (χ1v) is 6.18. The molecule has 0 atom stereocenters. The monoisotopic (exact) mass is 206 g/mol. The molecule has 0 aromatic carbocycles. The Morgan fingerprint density at radius 2 is 1.85 bits per heavy atom. The van der Waals surface area contributed by atoms with Crippen LogP contribution in [0.3, 0.4) is 0 Å². The zero-order valence-electron chi connectivity index (χ0n) is 7.62. The molecule has 1 saturated carbocycles. The van der Waals surface area contributed by atoms with Crippen molar-refractivity contribution in [2.24, 2.45) is 0 Å². The number of carboxylic acids is 1. The van der Waals surface area contributed by atoms with Gasteiger partial charge in [-0.1, -0.05) is 12.8 Å². The summed E-state index contributed by atoms with van der Waals surface area (Å²) < 4.78 is 21.9. The van der Waals surface area contributed by atoms with E-state index >= 15 is 0 Å². The molecular formula is C8H14O4S. The highest BCUT2D eigenvalue weighted by atomic mass is 32.2. The summed E-state index contributed by atoms with van der Waals surface area (Å²) in [5.41, 5.74) is 0. The number of rotatable bonds is 3. The van der Waals surface area contributed by atoms with Gasteiger partial charge in [0.15, 0.2) is 9.84 Å². The van der Waals surface area contributed by atoms with Gasteiger partial charge in [0.2, 0.25) is 0 Å². The maximum Gasteiger partial charge on any atom is 0.304 e. The maximum atomic E-state index is 11.4.